The van der Waals surface area contributed by atoms with Crippen molar-refractivity contribution in [3.63, 3.8) is 0 Å². The van der Waals surface area contributed by atoms with Gasteiger partial charge in [0.15, 0.2) is 17.4 Å². The highest BCUT2D eigenvalue weighted by Crippen LogP contribution is 2.43. The number of halogens is 2. The maximum atomic E-state index is 13.4. The molecule has 0 atom stereocenters. The molecule has 7 heteroatoms. The number of aromatic nitrogens is 2. The van der Waals surface area contributed by atoms with Gasteiger partial charge in [-0.25, -0.2) is 8.78 Å². The van der Waals surface area contributed by atoms with Gasteiger partial charge >= 0.3 is 0 Å². The van der Waals surface area contributed by atoms with Crippen LogP contribution in [0.5, 0.6) is 0 Å². The summed E-state index contributed by atoms with van der Waals surface area (Å²) in [5.74, 6) is -2.40. The molecule has 4 heterocycles. The summed E-state index contributed by atoms with van der Waals surface area (Å²) < 4.78 is 32.7. The Morgan fingerprint density at radius 3 is 2.58 bits per heavy atom. The Hall–Kier alpha value is -3.03. The van der Waals surface area contributed by atoms with Crippen LogP contribution < -0.4 is 0 Å². The lowest BCUT2D eigenvalue weighted by Crippen LogP contribution is -2.42. The quantitative estimate of drug-likeness (QED) is 0.596. The molecule has 2 aliphatic rings. The molecule has 2 aliphatic heterocycles. The van der Waals surface area contributed by atoms with Gasteiger partial charge in [0.25, 0.3) is 0 Å². The van der Waals surface area contributed by atoms with E-state index in [9.17, 15) is 13.6 Å². The highest BCUT2D eigenvalue weighted by atomic mass is 19.2. The lowest BCUT2D eigenvalue weighted by molar-refractivity contribution is -0.0801. The molecule has 0 bridgehead atoms. The first kappa shape index (κ1) is 19.9. The zero-order valence-corrected chi connectivity index (χ0v) is 16.9. The fourth-order valence-corrected chi connectivity index (χ4v) is 4.42. The fraction of sp³-hybridized carbons (Fsp3) is 0.292. The summed E-state index contributed by atoms with van der Waals surface area (Å²) in [5.41, 5.74) is 3.51. The van der Waals surface area contributed by atoms with E-state index in [0.29, 0.717) is 18.7 Å². The monoisotopic (exact) mass is 421 g/mol. The SMILES string of the molecule is O=C(c1ccc(CN2CCC3(CC2)OCc2ccncc23)nc1)c1ccc(F)c(F)c1. The molecular weight excluding hydrogens is 400 g/mol. The van der Waals surface area contributed by atoms with Crippen LogP contribution in [0.25, 0.3) is 0 Å². The Morgan fingerprint density at radius 1 is 1.03 bits per heavy atom. The first-order valence-electron chi connectivity index (χ1n) is 10.3. The van der Waals surface area contributed by atoms with Crippen LogP contribution in [0.4, 0.5) is 8.78 Å². The van der Waals surface area contributed by atoms with E-state index in [-0.39, 0.29) is 16.9 Å². The lowest BCUT2D eigenvalue weighted by Gasteiger charge is -2.39. The van der Waals surface area contributed by atoms with Crippen LogP contribution in [0.3, 0.4) is 0 Å². The largest absolute Gasteiger partial charge is 0.365 e. The first-order valence-corrected chi connectivity index (χ1v) is 10.3. The van der Waals surface area contributed by atoms with Crippen molar-refractivity contribution in [3.8, 4) is 0 Å². The summed E-state index contributed by atoms with van der Waals surface area (Å²) in [5, 5.41) is 0. The maximum absolute atomic E-state index is 13.4. The molecule has 0 N–H and O–H groups in total. The third-order valence-corrected chi connectivity index (χ3v) is 6.22. The fourth-order valence-electron chi connectivity index (χ4n) is 4.42. The standard InChI is InChI=1S/C24H21F2N3O2/c25-21-4-2-16(11-22(21)26)23(30)17-1-3-19(28-12-17)14-29-9-6-24(7-10-29)20-13-27-8-5-18(20)15-31-24/h1-5,8,11-13H,6-7,9-10,14-15H2. The number of carbonyl (C=O) groups is 1. The van der Waals surface area contributed by atoms with Crippen LogP contribution in [0.1, 0.15) is 45.6 Å². The van der Waals surface area contributed by atoms with Crippen LogP contribution >= 0.6 is 0 Å². The summed E-state index contributed by atoms with van der Waals surface area (Å²) in [4.78, 5) is 23.5. The maximum Gasteiger partial charge on any atom is 0.194 e. The van der Waals surface area contributed by atoms with Gasteiger partial charge in [-0.15, -0.1) is 0 Å². The molecule has 3 aromatic rings. The van der Waals surface area contributed by atoms with Gasteiger partial charge in [0, 0.05) is 54.9 Å². The molecule has 1 spiro atoms. The first-order chi connectivity index (χ1) is 15.0. The Kier molecular flexibility index (Phi) is 5.08. The Labute approximate surface area is 178 Å². The Balaban J connectivity index is 1.22. The lowest BCUT2D eigenvalue weighted by atomic mass is 9.85. The van der Waals surface area contributed by atoms with Crippen LogP contribution in [0.2, 0.25) is 0 Å². The molecule has 5 rings (SSSR count). The van der Waals surface area contributed by atoms with Gasteiger partial charge < -0.3 is 4.74 Å². The molecule has 1 fully saturated rings. The summed E-state index contributed by atoms with van der Waals surface area (Å²) in [6.45, 7) is 3.08. The summed E-state index contributed by atoms with van der Waals surface area (Å²) >= 11 is 0. The number of ketones is 1. The van der Waals surface area contributed by atoms with Crippen LogP contribution in [-0.2, 0) is 23.5 Å². The number of piperidine rings is 1. The van der Waals surface area contributed by atoms with Crippen molar-refractivity contribution in [2.24, 2.45) is 0 Å². The van der Waals surface area contributed by atoms with Crippen LogP contribution in [0.15, 0.2) is 55.0 Å². The number of carbonyl (C=O) groups excluding carboxylic acids is 1. The van der Waals surface area contributed by atoms with Gasteiger partial charge in [-0.2, -0.15) is 0 Å². The second-order valence-corrected chi connectivity index (χ2v) is 8.09. The zero-order chi connectivity index (χ0) is 21.4. The molecule has 0 radical (unpaired) electrons. The van der Waals surface area contributed by atoms with E-state index in [4.69, 9.17) is 4.74 Å². The predicted molar refractivity (Wildman–Crippen MR) is 109 cm³/mol. The van der Waals surface area contributed by atoms with Crippen molar-refractivity contribution < 1.29 is 18.3 Å². The number of hydrogen-bond acceptors (Lipinski definition) is 5. The average molecular weight is 421 g/mol. The highest BCUT2D eigenvalue weighted by molar-refractivity contribution is 6.08. The van der Waals surface area contributed by atoms with Crippen molar-refractivity contribution in [1.82, 2.24) is 14.9 Å². The number of rotatable bonds is 4. The van der Waals surface area contributed by atoms with E-state index in [1.807, 2.05) is 24.5 Å². The molecule has 158 valence electrons. The number of nitrogens with zero attached hydrogens (tertiary/aromatic N) is 3. The molecular formula is C24H21F2N3O2. The molecule has 0 aliphatic carbocycles. The van der Waals surface area contributed by atoms with Crippen LogP contribution in [-0.4, -0.2) is 33.7 Å². The van der Waals surface area contributed by atoms with E-state index < -0.39 is 11.6 Å². The normalized spacial score (nSPS) is 17.6. The van der Waals surface area contributed by atoms with E-state index in [1.165, 1.54) is 23.4 Å². The molecule has 0 saturated carbocycles. The van der Waals surface area contributed by atoms with Crippen molar-refractivity contribution in [2.75, 3.05) is 13.1 Å². The van der Waals surface area contributed by atoms with Crippen molar-refractivity contribution >= 4 is 5.78 Å². The number of likely N-dealkylation sites (tertiary alicyclic amines) is 1. The van der Waals surface area contributed by atoms with E-state index in [0.717, 1.165) is 43.8 Å². The number of ether oxygens (including phenoxy) is 1. The Bertz CT molecular complexity index is 1130. The van der Waals surface area contributed by atoms with Gasteiger partial charge in [-0.05, 0) is 54.8 Å². The van der Waals surface area contributed by atoms with Gasteiger partial charge in [0.2, 0.25) is 0 Å². The van der Waals surface area contributed by atoms with Crippen LogP contribution in [0, 0.1) is 11.6 Å². The average Bonchev–Trinajstić information content (AvgIpc) is 3.16. The minimum atomic E-state index is -1.04. The Morgan fingerprint density at radius 2 is 1.84 bits per heavy atom. The molecule has 1 aromatic carbocycles. The van der Waals surface area contributed by atoms with Gasteiger partial charge in [0.05, 0.1) is 17.9 Å². The van der Waals surface area contributed by atoms with Crippen molar-refractivity contribution in [3.05, 3.63) is 94.6 Å². The van der Waals surface area contributed by atoms with Gasteiger partial charge in [0.1, 0.15) is 0 Å². The third kappa shape index (κ3) is 3.75. The van der Waals surface area contributed by atoms with E-state index in [2.05, 4.69) is 14.9 Å². The molecule has 2 aromatic heterocycles. The minimum Gasteiger partial charge on any atom is -0.365 e. The minimum absolute atomic E-state index is 0.0983. The van der Waals surface area contributed by atoms with Crippen molar-refractivity contribution in [2.45, 2.75) is 31.6 Å². The molecule has 1 saturated heterocycles. The van der Waals surface area contributed by atoms with Gasteiger partial charge in [-0.3, -0.25) is 19.7 Å². The van der Waals surface area contributed by atoms with E-state index >= 15 is 0 Å². The topological polar surface area (TPSA) is 55.3 Å². The zero-order valence-electron chi connectivity index (χ0n) is 16.9. The van der Waals surface area contributed by atoms with Crippen molar-refractivity contribution in [1.29, 1.82) is 0 Å². The second-order valence-electron chi connectivity index (χ2n) is 8.09. The summed E-state index contributed by atoms with van der Waals surface area (Å²) in [7, 11) is 0. The summed E-state index contributed by atoms with van der Waals surface area (Å²) in [6.07, 6.45) is 7.04. The molecule has 0 amide bonds. The number of fused-ring (bicyclic) bond motifs is 2. The van der Waals surface area contributed by atoms with Gasteiger partial charge in [-0.1, -0.05) is 0 Å². The molecule has 5 nitrogen and oxygen atoms in total. The number of benzene rings is 1. The molecule has 0 unspecified atom stereocenters. The smallest absolute Gasteiger partial charge is 0.194 e. The van der Waals surface area contributed by atoms with E-state index in [1.54, 1.807) is 6.07 Å². The summed E-state index contributed by atoms with van der Waals surface area (Å²) in [6, 6.07) is 8.66. The number of hydrogen-bond donors (Lipinski definition) is 0. The number of pyridine rings is 2. The molecule has 31 heavy (non-hydrogen) atoms. The second kappa shape index (κ2) is 7.90. The third-order valence-electron chi connectivity index (χ3n) is 6.22. The highest BCUT2D eigenvalue weighted by Gasteiger charge is 2.42. The predicted octanol–water partition coefficient (Wildman–Crippen LogP) is 4.01.